The SMILES string of the molecule is Cc1ccc(F)c(C(=O)NCC(=O)N2CCNCC2)c1F. The van der Waals surface area contributed by atoms with Gasteiger partial charge in [-0.25, -0.2) is 8.78 Å². The van der Waals surface area contributed by atoms with Gasteiger partial charge in [0.2, 0.25) is 5.91 Å². The molecule has 1 heterocycles. The summed E-state index contributed by atoms with van der Waals surface area (Å²) in [6.07, 6.45) is 0. The molecule has 1 fully saturated rings. The summed E-state index contributed by atoms with van der Waals surface area (Å²) in [7, 11) is 0. The average molecular weight is 297 g/mol. The van der Waals surface area contributed by atoms with Crippen molar-refractivity contribution in [2.45, 2.75) is 6.92 Å². The van der Waals surface area contributed by atoms with Gasteiger partial charge in [-0.2, -0.15) is 0 Å². The number of carbonyl (C=O) groups excluding carboxylic acids is 2. The molecule has 114 valence electrons. The van der Waals surface area contributed by atoms with Gasteiger partial charge >= 0.3 is 0 Å². The quantitative estimate of drug-likeness (QED) is 0.851. The molecule has 0 bridgehead atoms. The highest BCUT2D eigenvalue weighted by Gasteiger charge is 2.21. The number of benzene rings is 1. The maximum absolute atomic E-state index is 13.8. The van der Waals surface area contributed by atoms with Crippen molar-refractivity contribution in [2.24, 2.45) is 0 Å². The Hall–Kier alpha value is -2.02. The Morgan fingerprint density at radius 3 is 2.62 bits per heavy atom. The molecule has 2 amide bonds. The van der Waals surface area contributed by atoms with E-state index >= 15 is 0 Å². The number of hydrogen-bond donors (Lipinski definition) is 2. The summed E-state index contributed by atoms with van der Waals surface area (Å²) in [6, 6.07) is 2.29. The number of nitrogens with zero attached hydrogens (tertiary/aromatic N) is 1. The van der Waals surface area contributed by atoms with Crippen molar-refractivity contribution in [3.8, 4) is 0 Å². The molecule has 1 saturated heterocycles. The van der Waals surface area contributed by atoms with E-state index in [9.17, 15) is 18.4 Å². The lowest BCUT2D eigenvalue weighted by molar-refractivity contribution is -0.130. The predicted octanol–water partition coefficient (Wildman–Crippen LogP) is 0.435. The van der Waals surface area contributed by atoms with Gasteiger partial charge in [-0.05, 0) is 18.6 Å². The molecule has 1 aromatic carbocycles. The molecule has 1 aliphatic heterocycles. The van der Waals surface area contributed by atoms with Gasteiger partial charge in [-0.1, -0.05) is 6.07 Å². The van der Waals surface area contributed by atoms with Crippen molar-refractivity contribution < 1.29 is 18.4 Å². The second kappa shape index (κ2) is 6.62. The first-order valence-electron chi connectivity index (χ1n) is 6.72. The monoisotopic (exact) mass is 297 g/mol. The van der Waals surface area contributed by atoms with E-state index in [4.69, 9.17) is 0 Å². The molecule has 1 aliphatic rings. The third kappa shape index (κ3) is 3.55. The number of piperazine rings is 1. The molecule has 0 saturated carbocycles. The Labute approximate surface area is 121 Å². The number of hydrogen-bond acceptors (Lipinski definition) is 3. The lowest BCUT2D eigenvalue weighted by Crippen LogP contribution is -2.49. The minimum atomic E-state index is -0.940. The summed E-state index contributed by atoms with van der Waals surface area (Å²) in [5.74, 6) is -3.03. The van der Waals surface area contributed by atoms with Crippen molar-refractivity contribution in [1.82, 2.24) is 15.5 Å². The highest BCUT2D eigenvalue weighted by atomic mass is 19.1. The van der Waals surface area contributed by atoms with Crippen LogP contribution in [0.1, 0.15) is 15.9 Å². The fourth-order valence-corrected chi connectivity index (χ4v) is 2.14. The van der Waals surface area contributed by atoms with Gasteiger partial charge < -0.3 is 15.5 Å². The molecule has 0 aliphatic carbocycles. The molecule has 1 aromatic rings. The van der Waals surface area contributed by atoms with Gasteiger partial charge in [0.1, 0.15) is 17.2 Å². The van der Waals surface area contributed by atoms with Crippen LogP contribution >= 0.6 is 0 Å². The zero-order valence-corrected chi connectivity index (χ0v) is 11.7. The van der Waals surface area contributed by atoms with Crippen LogP contribution < -0.4 is 10.6 Å². The van der Waals surface area contributed by atoms with Crippen molar-refractivity contribution in [2.75, 3.05) is 32.7 Å². The van der Waals surface area contributed by atoms with E-state index in [1.54, 1.807) is 4.90 Å². The van der Waals surface area contributed by atoms with Crippen LogP contribution in [0.2, 0.25) is 0 Å². The molecule has 21 heavy (non-hydrogen) atoms. The third-order valence-corrected chi connectivity index (χ3v) is 3.38. The number of nitrogens with one attached hydrogen (secondary N) is 2. The van der Waals surface area contributed by atoms with Crippen LogP contribution in [0.4, 0.5) is 8.78 Å². The Morgan fingerprint density at radius 2 is 1.95 bits per heavy atom. The van der Waals surface area contributed by atoms with E-state index in [2.05, 4.69) is 10.6 Å². The smallest absolute Gasteiger partial charge is 0.257 e. The van der Waals surface area contributed by atoms with Crippen LogP contribution in [-0.4, -0.2) is 49.4 Å². The summed E-state index contributed by atoms with van der Waals surface area (Å²) in [6.45, 7) is 3.68. The molecule has 2 N–H and O–H groups in total. The van der Waals surface area contributed by atoms with E-state index in [1.807, 2.05) is 0 Å². The molecule has 2 rings (SSSR count). The fourth-order valence-electron chi connectivity index (χ4n) is 2.14. The Balaban J connectivity index is 1.99. The lowest BCUT2D eigenvalue weighted by Gasteiger charge is -2.27. The highest BCUT2D eigenvalue weighted by Crippen LogP contribution is 2.16. The maximum Gasteiger partial charge on any atom is 0.257 e. The van der Waals surface area contributed by atoms with Crippen LogP contribution in [0.5, 0.6) is 0 Å². The minimum absolute atomic E-state index is 0.176. The van der Waals surface area contributed by atoms with Gasteiger partial charge in [0, 0.05) is 26.2 Å². The second-order valence-corrected chi connectivity index (χ2v) is 4.87. The second-order valence-electron chi connectivity index (χ2n) is 4.87. The van der Waals surface area contributed by atoms with Crippen LogP contribution in [0.3, 0.4) is 0 Å². The van der Waals surface area contributed by atoms with Gasteiger partial charge in [0.25, 0.3) is 5.91 Å². The number of halogens is 2. The molecule has 0 unspecified atom stereocenters. The summed E-state index contributed by atoms with van der Waals surface area (Å²) >= 11 is 0. The normalized spacial score (nSPS) is 14.9. The first-order valence-corrected chi connectivity index (χ1v) is 6.72. The topological polar surface area (TPSA) is 61.4 Å². The van der Waals surface area contributed by atoms with E-state index in [0.717, 1.165) is 6.07 Å². The molecule has 7 heteroatoms. The zero-order valence-electron chi connectivity index (χ0n) is 11.7. The van der Waals surface area contributed by atoms with E-state index in [0.29, 0.717) is 26.2 Å². The van der Waals surface area contributed by atoms with Crippen molar-refractivity contribution in [1.29, 1.82) is 0 Å². The standard InChI is InChI=1S/C14H17F2N3O2/c1-9-2-3-10(15)12(13(9)16)14(21)18-8-11(20)19-6-4-17-5-7-19/h2-3,17H,4-8H2,1H3,(H,18,21). The third-order valence-electron chi connectivity index (χ3n) is 3.38. The van der Waals surface area contributed by atoms with Gasteiger partial charge in [-0.15, -0.1) is 0 Å². The molecular weight excluding hydrogens is 280 g/mol. The first kappa shape index (κ1) is 15.4. The molecule has 0 radical (unpaired) electrons. The Morgan fingerprint density at radius 1 is 1.29 bits per heavy atom. The average Bonchev–Trinajstić information content (AvgIpc) is 2.50. The number of rotatable bonds is 3. The largest absolute Gasteiger partial charge is 0.343 e. The van der Waals surface area contributed by atoms with Crippen LogP contribution in [0, 0.1) is 18.6 Å². The first-order chi connectivity index (χ1) is 10.0. The van der Waals surface area contributed by atoms with E-state index in [1.165, 1.54) is 13.0 Å². The lowest BCUT2D eigenvalue weighted by atomic mass is 10.1. The molecule has 0 atom stereocenters. The molecule has 5 nitrogen and oxygen atoms in total. The van der Waals surface area contributed by atoms with Crippen molar-refractivity contribution >= 4 is 11.8 Å². The van der Waals surface area contributed by atoms with Crippen molar-refractivity contribution in [3.63, 3.8) is 0 Å². The van der Waals surface area contributed by atoms with Gasteiger partial charge in [-0.3, -0.25) is 9.59 Å². The summed E-state index contributed by atoms with van der Waals surface area (Å²) < 4.78 is 27.3. The maximum atomic E-state index is 13.8. The van der Waals surface area contributed by atoms with Crippen molar-refractivity contribution in [3.05, 3.63) is 34.9 Å². The number of amides is 2. The predicted molar refractivity (Wildman–Crippen MR) is 72.9 cm³/mol. The van der Waals surface area contributed by atoms with E-state index in [-0.39, 0.29) is 18.0 Å². The number of aryl methyl sites for hydroxylation is 1. The van der Waals surface area contributed by atoms with Crippen LogP contribution in [0.15, 0.2) is 12.1 Å². The van der Waals surface area contributed by atoms with Crippen LogP contribution in [-0.2, 0) is 4.79 Å². The summed E-state index contributed by atoms with van der Waals surface area (Å²) in [5, 5.41) is 5.38. The van der Waals surface area contributed by atoms with Gasteiger partial charge in [0.05, 0.1) is 6.54 Å². The number of carbonyl (C=O) groups is 2. The van der Waals surface area contributed by atoms with Gasteiger partial charge in [0.15, 0.2) is 0 Å². The molecule has 0 spiro atoms. The highest BCUT2D eigenvalue weighted by molar-refractivity contribution is 5.97. The Bertz CT molecular complexity index is 557. The molecular formula is C14H17F2N3O2. The summed E-state index contributed by atoms with van der Waals surface area (Å²) in [4.78, 5) is 25.3. The zero-order chi connectivity index (χ0) is 15.4. The summed E-state index contributed by atoms with van der Waals surface area (Å²) in [5.41, 5.74) is -0.474. The Kier molecular flexibility index (Phi) is 4.85. The molecule has 0 aromatic heterocycles. The van der Waals surface area contributed by atoms with Crippen LogP contribution in [0.25, 0.3) is 0 Å². The fraction of sp³-hybridized carbons (Fsp3) is 0.429. The van der Waals surface area contributed by atoms with E-state index < -0.39 is 23.1 Å². The minimum Gasteiger partial charge on any atom is -0.343 e.